The zero-order valence-corrected chi connectivity index (χ0v) is 11.6. The van der Waals surface area contributed by atoms with Crippen LogP contribution in [0.3, 0.4) is 0 Å². The van der Waals surface area contributed by atoms with E-state index in [1.165, 1.54) is 77.7 Å². The number of hydrogen-bond donors (Lipinski definition) is 1. The summed E-state index contributed by atoms with van der Waals surface area (Å²) >= 11 is 0. The van der Waals surface area contributed by atoms with E-state index in [9.17, 15) is 0 Å². The van der Waals surface area contributed by atoms with Crippen molar-refractivity contribution in [2.24, 2.45) is 11.8 Å². The number of nitrogens with one attached hydrogen (secondary N) is 1. The molecule has 1 saturated heterocycles. The molecule has 1 heterocycles. The highest BCUT2D eigenvalue weighted by Crippen LogP contribution is 2.30. The fourth-order valence-corrected chi connectivity index (χ4v) is 3.50. The van der Waals surface area contributed by atoms with Crippen LogP contribution in [-0.2, 0) is 0 Å². The van der Waals surface area contributed by atoms with Gasteiger partial charge in [-0.15, -0.1) is 0 Å². The largest absolute Gasteiger partial charge is 0.315 e. The molecule has 2 fully saturated rings. The molecular formula is C15H30N2. The van der Waals surface area contributed by atoms with Crippen LogP contribution in [0.2, 0.25) is 0 Å². The van der Waals surface area contributed by atoms with Crippen molar-refractivity contribution in [2.45, 2.75) is 51.9 Å². The predicted molar refractivity (Wildman–Crippen MR) is 74.3 cm³/mol. The Kier molecular flexibility index (Phi) is 5.79. The second-order valence-corrected chi connectivity index (χ2v) is 6.23. The molecule has 0 radical (unpaired) electrons. The Morgan fingerprint density at radius 1 is 1.06 bits per heavy atom. The average molecular weight is 238 g/mol. The lowest BCUT2D eigenvalue weighted by molar-refractivity contribution is 0.265. The van der Waals surface area contributed by atoms with Crippen molar-refractivity contribution in [1.29, 1.82) is 0 Å². The fraction of sp³-hybridized carbons (Fsp3) is 1.00. The average Bonchev–Trinajstić information content (AvgIpc) is 2.82. The van der Waals surface area contributed by atoms with E-state index < -0.39 is 0 Å². The summed E-state index contributed by atoms with van der Waals surface area (Å²) in [5, 5.41) is 3.63. The van der Waals surface area contributed by atoms with E-state index in [2.05, 4.69) is 17.1 Å². The predicted octanol–water partition coefficient (Wildman–Crippen LogP) is 2.89. The molecule has 2 heteroatoms. The smallest absolute Gasteiger partial charge is 0.0107 e. The minimum absolute atomic E-state index is 0.985. The maximum Gasteiger partial charge on any atom is 0.0107 e. The molecule has 100 valence electrons. The van der Waals surface area contributed by atoms with Gasteiger partial charge in [0, 0.05) is 13.1 Å². The third-order valence-electron chi connectivity index (χ3n) is 4.58. The third kappa shape index (κ3) is 4.97. The normalized spacial score (nSPS) is 30.9. The standard InChI is InChI=1S/C15H30N2/c1-14-5-4-6-15(13-14)7-8-16-9-12-17-10-2-3-11-17/h14-16H,2-13H2,1H3. The summed E-state index contributed by atoms with van der Waals surface area (Å²) in [4.78, 5) is 2.59. The molecule has 1 aliphatic carbocycles. The van der Waals surface area contributed by atoms with Gasteiger partial charge in [-0.05, 0) is 57.2 Å². The van der Waals surface area contributed by atoms with Gasteiger partial charge in [-0.1, -0.05) is 26.2 Å². The molecule has 0 amide bonds. The Morgan fingerprint density at radius 2 is 1.88 bits per heavy atom. The molecule has 0 spiro atoms. The number of hydrogen-bond acceptors (Lipinski definition) is 2. The Hall–Kier alpha value is -0.0800. The van der Waals surface area contributed by atoms with Gasteiger partial charge in [0.25, 0.3) is 0 Å². The van der Waals surface area contributed by atoms with Crippen LogP contribution in [0.25, 0.3) is 0 Å². The van der Waals surface area contributed by atoms with Crippen molar-refractivity contribution in [3.05, 3.63) is 0 Å². The minimum atomic E-state index is 0.985. The van der Waals surface area contributed by atoms with Crippen LogP contribution < -0.4 is 5.32 Å². The first-order valence-electron chi connectivity index (χ1n) is 7.77. The van der Waals surface area contributed by atoms with Crippen molar-refractivity contribution >= 4 is 0 Å². The molecule has 17 heavy (non-hydrogen) atoms. The molecular weight excluding hydrogens is 208 g/mol. The van der Waals surface area contributed by atoms with Crippen molar-refractivity contribution in [1.82, 2.24) is 10.2 Å². The fourth-order valence-electron chi connectivity index (χ4n) is 3.50. The summed E-state index contributed by atoms with van der Waals surface area (Å²) in [6.07, 6.45) is 10.1. The molecule has 0 aromatic carbocycles. The molecule has 0 aromatic rings. The second-order valence-electron chi connectivity index (χ2n) is 6.23. The van der Waals surface area contributed by atoms with E-state index in [0.717, 1.165) is 11.8 Å². The Bertz CT molecular complexity index is 199. The first-order valence-corrected chi connectivity index (χ1v) is 7.77. The first kappa shape index (κ1) is 13.4. The maximum atomic E-state index is 3.63. The molecule has 1 aliphatic heterocycles. The van der Waals surface area contributed by atoms with E-state index in [-0.39, 0.29) is 0 Å². The number of nitrogens with zero attached hydrogens (tertiary/aromatic N) is 1. The van der Waals surface area contributed by atoms with Crippen LogP contribution in [0.1, 0.15) is 51.9 Å². The lowest BCUT2D eigenvalue weighted by Crippen LogP contribution is -2.31. The van der Waals surface area contributed by atoms with Crippen LogP contribution in [0.5, 0.6) is 0 Å². The van der Waals surface area contributed by atoms with Crippen LogP contribution in [0.15, 0.2) is 0 Å². The van der Waals surface area contributed by atoms with Gasteiger partial charge in [-0.25, -0.2) is 0 Å². The number of rotatable bonds is 6. The van der Waals surface area contributed by atoms with Gasteiger partial charge < -0.3 is 10.2 Å². The quantitative estimate of drug-likeness (QED) is 0.716. The van der Waals surface area contributed by atoms with Crippen LogP contribution in [-0.4, -0.2) is 37.6 Å². The highest BCUT2D eigenvalue weighted by Gasteiger charge is 2.18. The summed E-state index contributed by atoms with van der Waals surface area (Å²) in [5.74, 6) is 2.00. The van der Waals surface area contributed by atoms with Gasteiger partial charge in [0.2, 0.25) is 0 Å². The van der Waals surface area contributed by atoms with E-state index >= 15 is 0 Å². The minimum Gasteiger partial charge on any atom is -0.315 e. The van der Waals surface area contributed by atoms with E-state index in [1.54, 1.807) is 0 Å². The van der Waals surface area contributed by atoms with Gasteiger partial charge in [0.05, 0.1) is 0 Å². The lowest BCUT2D eigenvalue weighted by Gasteiger charge is -2.26. The first-order chi connectivity index (χ1) is 8.34. The lowest BCUT2D eigenvalue weighted by atomic mass is 9.81. The van der Waals surface area contributed by atoms with Gasteiger partial charge in [-0.3, -0.25) is 0 Å². The van der Waals surface area contributed by atoms with Crippen LogP contribution >= 0.6 is 0 Å². The van der Waals surface area contributed by atoms with Crippen molar-refractivity contribution in [3.8, 4) is 0 Å². The van der Waals surface area contributed by atoms with Gasteiger partial charge in [0.1, 0.15) is 0 Å². The van der Waals surface area contributed by atoms with Crippen LogP contribution in [0.4, 0.5) is 0 Å². The van der Waals surface area contributed by atoms with Crippen molar-refractivity contribution in [2.75, 3.05) is 32.7 Å². The topological polar surface area (TPSA) is 15.3 Å². The van der Waals surface area contributed by atoms with E-state index in [0.29, 0.717) is 0 Å². The molecule has 2 unspecified atom stereocenters. The molecule has 1 N–H and O–H groups in total. The van der Waals surface area contributed by atoms with Crippen molar-refractivity contribution < 1.29 is 0 Å². The zero-order valence-electron chi connectivity index (χ0n) is 11.6. The molecule has 2 rings (SSSR count). The monoisotopic (exact) mass is 238 g/mol. The SMILES string of the molecule is CC1CCCC(CCNCCN2CCCC2)C1. The highest BCUT2D eigenvalue weighted by atomic mass is 15.1. The summed E-state index contributed by atoms with van der Waals surface area (Å²) in [5.41, 5.74) is 0. The van der Waals surface area contributed by atoms with Crippen molar-refractivity contribution in [3.63, 3.8) is 0 Å². The summed E-state index contributed by atoms with van der Waals surface area (Å²) in [7, 11) is 0. The zero-order chi connectivity index (χ0) is 11.9. The van der Waals surface area contributed by atoms with Gasteiger partial charge in [0.15, 0.2) is 0 Å². The third-order valence-corrected chi connectivity index (χ3v) is 4.58. The van der Waals surface area contributed by atoms with Gasteiger partial charge >= 0.3 is 0 Å². The maximum absolute atomic E-state index is 3.63. The molecule has 2 atom stereocenters. The van der Waals surface area contributed by atoms with E-state index in [4.69, 9.17) is 0 Å². The van der Waals surface area contributed by atoms with E-state index in [1.807, 2.05) is 0 Å². The highest BCUT2D eigenvalue weighted by molar-refractivity contribution is 4.72. The summed E-state index contributed by atoms with van der Waals surface area (Å²) in [6, 6.07) is 0. The second kappa shape index (κ2) is 7.38. The Balaban J connectivity index is 1.45. The molecule has 0 bridgehead atoms. The Morgan fingerprint density at radius 3 is 2.65 bits per heavy atom. The van der Waals surface area contributed by atoms with Crippen LogP contribution in [0, 0.1) is 11.8 Å². The number of likely N-dealkylation sites (tertiary alicyclic amines) is 1. The molecule has 1 saturated carbocycles. The molecule has 2 nitrogen and oxygen atoms in total. The van der Waals surface area contributed by atoms with Gasteiger partial charge in [-0.2, -0.15) is 0 Å². The molecule has 2 aliphatic rings. The Labute approximate surface area is 107 Å². The summed E-state index contributed by atoms with van der Waals surface area (Å²) in [6.45, 7) is 8.80. The molecule has 0 aromatic heterocycles. The summed E-state index contributed by atoms with van der Waals surface area (Å²) < 4.78 is 0.